The zero-order chi connectivity index (χ0) is 14.3. The van der Waals surface area contributed by atoms with Crippen LogP contribution in [-0.2, 0) is 10.0 Å². The van der Waals surface area contributed by atoms with Crippen LogP contribution >= 0.6 is 35.0 Å². The highest BCUT2D eigenvalue weighted by molar-refractivity contribution is 7.99. The Hall–Kier alpha value is 0.0200. The van der Waals surface area contributed by atoms with Gasteiger partial charge in [0, 0.05) is 18.9 Å². The Morgan fingerprint density at radius 1 is 1.21 bits per heavy atom. The first-order chi connectivity index (χ1) is 8.97. The summed E-state index contributed by atoms with van der Waals surface area (Å²) in [6.07, 6.45) is 0.713. The van der Waals surface area contributed by atoms with Gasteiger partial charge in [-0.05, 0) is 30.4 Å². The molecule has 0 aliphatic heterocycles. The van der Waals surface area contributed by atoms with E-state index in [-0.39, 0.29) is 16.5 Å². The number of nitrogens with one attached hydrogen (secondary N) is 1. The molecular formula is C11H15Cl2NO3S2. The Morgan fingerprint density at radius 2 is 1.95 bits per heavy atom. The summed E-state index contributed by atoms with van der Waals surface area (Å²) in [5.74, 6) is 1.46. The number of aliphatic hydroxyl groups is 1. The molecule has 0 unspecified atom stereocenters. The molecule has 0 atom stereocenters. The van der Waals surface area contributed by atoms with E-state index < -0.39 is 10.0 Å². The van der Waals surface area contributed by atoms with Gasteiger partial charge in [-0.1, -0.05) is 23.2 Å². The third-order valence-corrected chi connectivity index (χ3v) is 5.45. The van der Waals surface area contributed by atoms with Crippen molar-refractivity contribution in [2.75, 3.05) is 24.7 Å². The van der Waals surface area contributed by atoms with E-state index in [1.807, 2.05) is 0 Å². The monoisotopic (exact) mass is 343 g/mol. The van der Waals surface area contributed by atoms with Crippen LogP contribution in [0.2, 0.25) is 10.0 Å². The first kappa shape index (κ1) is 17.1. The minimum atomic E-state index is -3.55. The summed E-state index contributed by atoms with van der Waals surface area (Å²) in [5.41, 5.74) is 0. The second kappa shape index (κ2) is 8.34. The highest BCUT2D eigenvalue weighted by Crippen LogP contribution is 2.24. The molecule has 0 heterocycles. The second-order valence-electron chi connectivity index (χ2n) is 3.66. The molecule has 0 radical (unpaired) electrons. The quantitative estimate of drug-likeness (QED) is 0.711. The molecule has 0 amide bonds. The van der Waals surface area contributed by atoms with Crippen LogP contribution in [0.5, 0.6) is 0 Å². The summed E-state index contributed by atoms with van der Waals surface area (Å²) in [6.45, 7) is 0.487. The van der Waals surface area contributed by atoms with Crippen molar-refractivity contribution in [1.82, 2.24) is 4.72 Å². The SMILES string of the molecule is O=S(=O)(NCCSCCCO)c1ccc(Cl)c(Cl)c1. The zero-order valence-corrected chi connectivity index (χ0v) is 13.2. The predicted octanol–water partition coefficient (Wildman–Crippen LogP) is 2.39. The Kier molecular flexibility index (Phi) is 7.49. The lowest BCUT2D eigenvalue weighted by Crippen LogP contribution is -2.26. The molecule has 19 heavy (non-hydrogen) atoms. The summed E-state index contributed by atoms with van der Waals surface area (Å²) >= 11 is 13.1. The Morgan fingerprint density at radius 3 is 2.58 bits per heavy atom. The second-order valence-corrected chi connectivity index (χ2v) is 7.47. The van der Waals surface area contributed by atoms with Gasteiger partial charge in [-0.3, -0.25) is 0 Å². The van der Waals surface area contributed by atoms with Gasteiger partial charge in [0.05, 0.1) is 14.9 Å². The summed E-state index contributed by atoms with van der Waals surface area (Å²) < 4.78 is 26.3. The van der Waals surface area contributed by atoms with Crippen LogP contribution in [0.3, 0.4) is 0 Å². The van der Waals surface area contributed by atoms with E-state index in [1.54, 1.807) is 11.8 Å². The van der Waals surface area contributed by atoms with E-state index in [1.165, 1.54) is 18.2 Å². The van der Waals surface area contributed by atoms with Crippen LogP contribution in [0.25, 0.3) is 0 Å². The van der Waals surface area contributed by atoms with E-state index in [4.69, 9.17) is 28.3 Å². The van der Waals surface area contributed by atoms with Gasteiger partial charge >= 0.3 is 0 Å². The number of hydrogen-bond donors (Lipinski definition) is 2. The normalized spacial score (nSPS) is 11.7. The van der Waals surface area contributed by atoms with Crippen LogP contribution in [0, 0.1) is 0 Å². The van der Waals surface area contributed by atoms with Gasteiger partial charge in [-0.15, -0.1) is 0 Å². The fraction of sp³-hybridized carbons (Fsp3) is 0.455. The zero-order valence-electron chi connectivity index (χ0n) is 10.1. The maximum atomic E-state index is 11.9. The summed E-state index contributed by atoms with van der Waals surface area (Å²) in [7, 11) is -3.55. The maximum Gasteiger partial charge on any atom is 0.240 e. The van der Waals surface area contributed by atoms with Crippen molar-refractivity contribution in [3.63, 3.8) is 0 Å². The van der Waals surface area contributed by atoms with E-state index in [2.05, 4.69) is 4.72 Å². The van der Waals surface area contributed by atoms with Gasteiger partial charge in [0.1, 0.15) is 0 Å². The molecule has 1 aromatic rings. The average Bonchev–Trinajstić information content (AvgIpc) is 2.36. The molecule has 8 heteroatoms. The largest absolute Gasteiger partial charge is 0.396 e. The molecule has 0 saturated carbocycles. The first-order valence-corrected chi connectivity index (χ1v) is 9.00. The number of aliphatic hydroxyl groups excluding tert-OH is 1. The average molecular weight is 344 g/mol. The molecule has 0 aromatic heterocycles. The minimum Gasteiger partial charge on any atom is -0.396 e. The smallest absolute Gasteiger partial charge is 0.240 e. The van der Waals surface area contributed by atoms with Crippen LogP contribution in [0.15, 0.2) is 23.1 Å². The number of hydrogen-bond acceptors (Lipinski definition) is 4. The van der Waals surface area contributed by atoms with Crippen molar-refractivity contribution in [2.45, 2.75) is 11.3 Å². The molecule has 108 valence electrons. The van der Waals surface area contributed by atoms with Crippen LogP contribution in [-0.4, -0.2) is 38.2 Å². The Bertz CT molecular complexity index is 509. The number of halogens is 2. The molecular weight excluding hydrogens is 329 g/mol. The van der Waals surface area contributed by atoms with Gasteiger partial charge in [-0.2, -0.15) is 11.8 Å². The van der Waals surface area contributed by atoms with E-state index in [0.29, 0.717) is 23.7 Å². The van der Waals surface area contributed by atoms with Crippen molar-refractivity contribution in [3.05, 3.63) is 28.2 Å². The highest BCUT2D eigenvalue weighted by atomic mass is 35.5. The topological polar surface area (TPSA) is 66.4 Å². The van der Waals surface area contributed by atoms with Gasteiger partial charge < -0.3 is 5.11 Å². The Labute approximate surface area is 127 Å². The molecule has 4 nitrogen and oxygen atoms in total. The van der Waals surface area contributed by atoms with Crippen molar-refractivity contribution in [2.24, 2.45) is 0 Å². The molecule has 0 fully saturated rings. The van der Waals surface area contributed by atoms with Crippen molar-refractivity contribution in [1.29, 1.82) is 0 Å². The lowest BCUT2D eigenvalue weighted by atomic mass is 10.4. The Balaban J connectivity index is 2.49. The highest BCUT2D eigenvalue weighted by Gasteiger charge is 2.14. The predicted molar refractivity (Wildman–Crippen MR) is 80.7 cm³/mol. The van der Waals surface area contributed by atoms with E-state index in [9.17, 15) is 8.42 Å². The first-order valence-electron chi connectivity index (χ1n) is 5.60. The summed E-state index contributed by atoms with van der Waals surface area (Å²) in [5, 5.41) is 9.13. The van der Waals surface area contributed by atoms with Crippen molar-refractivity contribution >= 4 is 45.0 Å². The van der Waals surface area contributed by atoms with Gasteiger partial charge in [-0.25, -0.2) is 13.1 Å². The third kappa shape index (κ3) is 5.89. The fourth-order valence-electron chi connectivity index (χ4n) is 1.24. The van der Waals surface area contributed by atoms with Crippen LogP contribution in [0.4, 0.5) is 0 Å². The number of thioether (sulfide) groups is 1. The van der Waals surface area contributed by atoms with Crippen LogP contribution in [0.1, 0.15) is 6.42 Å². The standard InChI is InChI=1S/C11H15Cl2NO3S2/c12-10-3-2-9(8-11(10)13)19(16,17)14-4-7-18-6-1-5-15/h2-3,8,14-15H,1,4-7H2. The molecule has 1 aromatic carbocycles. The number of rotatable bonds is 8. The molecule has 0 saturated heterocycles. The molecule has 0 spiro atoms. The van der Waals surface area contributed by atoms with Crippen molar-refractivity contribution in [3.8, 4) is 0 Å². The van der Waals surface area contributed by atoms with E-state index in [0.717, 1.165) is 5.75 Å². The lowest BCUT2D eigenvalue weighted by Gasteiger charge is -2.07. The summed E-state index contributed by atoms with van der Waals surface area (Å²) in [6, 6.07) is 4.19. The molecule has 0 aliphatic rings. The fourth-order valence-corrected chi connectivity index (χ4v) is 3.58. The molecule has 2 N–H and O–H groups in total. The van der Waals surface area contributed by atoms with Gasteiger partial charge in [0.2, 0.25) is 10.0 Å². The molecule has 0 bridgehead atoms. The molecule has 0 aliphatic carbocycles. The van der Waals surface area contributed by atoms with Crippen molar-refractivity contribution < 1.29 is 13.5 Å². The number of benzene rings is 1. The van der Waals surface area contributed by atoms with E-state index >= 15 is 0 Å². The van der Waals surface area contributed by atoms with Crippen LogP contribution < -0.4 is 4.72 Å². The summed E-state index contributed by atoms with van der Waals surface area (Å²) in [4.78, 5) is 0.0993. The van der Waals surface area contributed by atoms with Gasteiger partial charge in [0.25, 0.3) is 0 Å². The minimum absolute atomic E-state index is 0.0993. The lowest BCUT2D eigenvalue weighted by molar-refractivity contribution is 0.296. The number of sulfonamides is 1. The van der Waals surface area contributed by atoms with Gasteiger partial charge in [0.15, 0.2) is 0 Å². The third-order valence-electron chi connectivity index (χ3n) is 2.19. The molecule has 1 rings (SSSR count). The maximum absolute atomic E-state index is 11.9.